The Morgan fingerprint density at radius 3 is 2.19 bits per heavy atom. The molecule has 0 aliphatic heterocycles. The molecule has 1 aromatic carbocycles. The van der Waals surface area contributed by atoms with E-state index in [2.05, 4.69) is 6.92 Å². The standard InChI is InChI=1S/C18H31NO2/c1-2-3-4-5-6-7-13-20-14-8-15-21-18-11-9-17(16-19)10-12-18/h9-12H,2-8,13-16,19H2,1H3. The van der Waals surface area contributed by atoms with Crippen LogP contribution in [0, 0.1) is 0 Å². The molecule has 0 saturated heterocycles. The summed E-state index contributed by atoms with van der Waals surface area (Å²) < 4.78 is 11.3. The van der Waals surface area contributed by atoms with Crippen LogP contribution in [0.25, 0.3) is 0 Å². The summed E-state index contributed by atoms with van der Waals surface area (Å²) in [6, 6.07) is 7.95. The lowest BCUT2D eigenvalue weighted by atomic mass is 10.1. The van der Waals surface area contributed by atoms with Crippen molar-refractivity contribution in [2.75, 3.05) is 19.8 Å². The maximum atomic E-state index is 5.66. The first kappa shape index (κ1) is 18.0. The molecule has 0 amide bonds. The van der Waals surface area contributed by atoms with Crippen molar-refractivity contribution >= 4 is 0 Å². The van der Waals surface area contributed by atoms with Gasteiger partial charge < -0.3 is 15.2 Å². The van der Waals surface area contributed by atoms with E-state index < -0.39 is 0 Å². The number of hydrogen-bond acceptors (Lipinski definition) is 3. The first-order valence-electron chi connectivity index (χ1n) is 8.36. The predicted molar refractivity (Wildman–Crippen MR) is 88.6 cm³/mol. The van der Waals surface area contributed by atoms with Gasteiger partial charge in [-0.15, -0.1) is 0 Å². The fraction of sp³-hybridized carbons (Fsp3) is 0.667. The van der Waals surface area contributed by atoms with Gasteiger partial charge in [0.15, 0.2) is 0 Å². The van der Waals surface area contributed by atoms with Gasteiger partial charge in [-0.3, -0.25) is 0 Å². The van der Waals surface area contributed by atoms with E-state index in [1.807, 2.05) is 24.3 Å². The summed E-state index contributed by atoms with van der Waals surface area (Å²) in [5, 5.41) is 0. The molecule has 21 heavy (non-hydrogen) atoms. The SMILES string of the molecule is CCCCCCCCOCCCOc1ccc(CN)cc1. The Hall–Kier alpha value is -1.06. The molecule has 0 aliphatic rings. The topological polar surface area (TPSA) is 44.5 Å². The molecule has 3 heteroatoms. The van der Waals surface area contributed by atoms with Crippen LogP contribution in [0.3, 0.4) is 0 Å². The summed E-state index contributed by atoms with van der Waals surface area (Å²) in [4.78, 5) is 0. The zero-order chi connectivity index (χ0) is 15.2. The van der Waals surface area contributed by atoms with E-state index in [-0.39, 0.29) is 0 Å². The first-order valence-corrected chi connectivity index (χ1v) is 8.36. The van der Waals surface area contributed by atoms with Gasteiger partial charge in [-0.1, -0.05) is 51.2 Å². The minimum absolute atomic E-state index is 0.576. The van der Waals surface area contributed by atoms with E-state index in [9.17, 15) is 0 Å². The number of ether oxygens (including phenoxy) is 2. The first-order chi connectivity index (χ1) is 10.4. The highest BCUT2D eigenvalue weighted by Gasteiger charge is 1.95. The summed E-state index contributed by atoms with van der Waals surface area (Å²) in [6.07, 6.45) is 8.81. The quantitative estimate of drug-likeness (QED) is 0.552. The van der Waals surface area contributed by atoms with Crippen molar-refractivity contribution in [3.05, 3.63) is 29.8 Å². The maximum absolute atomic E-state index is 5.66. The highest BCUT2D eigenvalue weighted by molar-refractivity contribution is 5.26. The van der Waals surface area contributed by atoms with Gasteiger partial charge >= 0.3 is 0 Å². The van der Waals surface area contributed by atoms with Crippen molar-refractivity contribution in [1.29, 1.82) is 0 Å². The van der Waals surface area contributed by atoms with Crippen LogP contribution in [0.1, 0.15) is 57.4 Å². The third-order valence-electron chi connectivity index (χ3n) is 3.50. The lowest BCUT2D eigenvalue weighted by molar-refractivity contribution is 0.115. The third-order valence-corrected chi connectivity index (χ3v) is 3.50. The smallest absolute Gasteiger partial charge is 0.119 e. The second kappa shape index (κ2) is 12.7. The van der Waals surface area contributed by atoms with Crippen LogP contribution in [0.15, 0.2) is 24.3 Å². The van der Waals surface area contributed by atoms with Gasteiger partial charge in [-0.2, -0.15) is 0 Å². The Bertz CT molecular complexity index is 338. The lowest BCUT2D eigenvalue weighted by Crippen LogP contribution is -2.04. The van der Waals surface area contributed by atoms with Gasteiger partial charge in [-0.05, 0) is 24.1 Å². The van der Waals surface area contributed by atoms with Crippen LogP contribution in [0.2, 0.25) is 0 Å². The predicted octanol–water partition coefficient (Wildman–Crippen LogP) is 4.29. The fourth-order valence-electron chi connectivity index (χ4n) is 2.16. The number of hydrogen-bond donors (Lipinski definition) is 1. The van der Waals surface area contributed by atoms with Gasteiger partial charge in [-0.25, -0.2) is 0 Å². The Morgan fingerprint density at radius 2 is 1.48 bits per heavy atom. The number of unbranched alkanes of at least 4 members (excludes halogenated alkanes) is 5. The molecule has 120 valence electrons. The second-order valence-corrected chi connectivity index (χ2v) is 5.43. The highest BCUT2D eigenvalue weighted by Crippen LogP contribution is 2.12. The number of benzene rings is 1. The Morgan fingerprint density at radius 1 is 0.810 bits per heavy atom. The van der Waals surface area contributed by atoms with E-state index in [1.54, 1.807) is 0 Å². The molecule has 0 fully saturated rings. The summed E-state index contributed by atoms with van der Waals surface area (Å²) in [6.45, 7) is 5.20. The lowest BCUT2D eigenvalue weighted by Gasteiger charge is -2.07. The number of nitrogens with two attached hydrogens (primary N) is 1. The maximum Gasteiger partial charge on any atom is 0.119 e. The molecule has 0 radical (unpaired) electrons. The second-order valence-electron chi connectivity index (χ2n) is 5.43. The molecular formula is C18H31NO2. The van der Waals surface area contributed by atoms with E-state index in [4.69, 9.17) is 15.2 Å². The molecule has 2 N–H and O–H groups in total. The van der Waals surface area contributed by atoms with Gasteiger partial charge in [0.25, 0.3) is 0 Å². The zero-order valence-corrected chi connectivity index (χ0v) is 13.5. The largest absolute Gasteiger partial charge is 0.494 e. The molecule has 0 spiro atoms. The van der Waals surface area contributed by atoms with Crippen LogP contribution in [0.4, 0.5) is 0 Å². The van der Waals surface area contributed by atoms with Crippen molar-refractivity contribution in [1.82, 2.24) is 0 Å². The normalized spacial score (nSPS) is 10.8. The van der Waals surface area contributed by atoms with E-state index in [0.717, 1.165) is 30.9 Å². The van der Waals surface area contributed by atoms with Crippen LogP contribution >= 0.6 is 0 Å². The average molecular weight is 293 g/mol. The molecule has 1 aromatic rings. The van der Waals surface area contributed by atoms with Crippen molar-refractivity contribution in [3.8, 4) is 5.75 Å². The molecule has 0 heterocycles. The molecule has 0 bridgehead atoms. The van der Waals surface area contributed by atoms with Crippen LogP contribution in [0.5, 0.6) is 5.75 Å². The number of rotatable bonds is 13. The van der Waals surface area contributed by atoms with Crippen molar-refractivity contribution in [2.45, 2.75) is 58.4 Å². The molecular weight excluding hydrogens is 262 g/mol. The van der Waals surface area contributed by atoms with E-state index in [1.165, 1.54) is 38.5 Å². The molecule has 0 unspecified atom stereocenters. The van der Waals surface area contributed by atoms with Crippen molar-refractivity contribution in [3.63, 3.8) is 0 Å². The summed E-state index contributed by atoms with van der Waals surface area (Å²) in [5.41, 5.74) is 6.69. The Kier molecular flexibility index (Phi) is 10.8. The fourth-order valence-corrected chi connectivity index (χ4v) is 2.16. The summed E-state index contributed by atoms with van der Waals surface area (Å²) in [5.74, 6) is 0.906. The summed E-state index contributed by atoms with van der Waals surface area (Å²) >= 11 is 0. The molecule has 0 atom stereocenters. The molecule has 3 nitrogen and oxygen atoms in total. The van der Waals surface area contributed by atoms with Gasteiger partial charge in [0, 0.05) is 26.2 Å². The monoisotopic (exact) mass is 293 g/mol. The van der Waals surface area contributed by atoms with Crippen LogP contribution < -0.4 is 10.5 Å². The highest BCUT2D eigenvalue weighted by atomic mass is 16.5. The van der Waals surface area contributed by atoms with Gasteiger partial charge in [0.2, 0.25) is 0 Å². The van der Waals surface area contributed by atoms with Crippen molar-refractivity contribution in [2.24, 2.45) is 5.73 Å². The zero-order valence-electron chi connectivity index (χ0n) is 13.5. The van der Waals surface area contributed by atoms with Crippen molar-refractivity contribution < 1.29 is 9.47 Å². The molecule has 0 aliphatic carbocycles. The van der Waals surface area contributed by atoms with Gasteiger partial charge in [0.1, 0.15) is 5.75 Å². The molecule has 0 aromatic heterocycles. The minimum atomic E-state index is 0.576. The molecule has 0 saturated carbocycles. The van der Waals surface area contributed by atoms with Gasteiger partial charge in [0.05, 0.1) is 6.61 Å². The molecule has 1 rings (SSSR count). The Balaban J connectivity index is 1.88. The van der Waals surface area contributed by atoms with Crippen LogP contribution in [-0.4, -0.2) is 19.8 Å². The average Bonchev–Trinajstić information content (AvgIpc) is 2.53. The van der Waals surface area contributed by atoms with E-state index in [0.29, 0.717) is 13.2 Å². The Labute approximate surface area is 129 Å². The van der Waals surface area contributed by atoms with Crippen LogP contribution in [-0.2, 0) is 11.3 Å². The summed E-state index contributed by atoms with van der Waals surface area (Å²) in [7, 11) is 0. The van der Waals surface area contributed by atoms with E-state index >= 15 is 0 Å². The third kappa shape index (κ3) is 9.48. The minimum Gasteiger partial charge on any atom is -0.494 e.